The number of ether oxygens (including phenoxy) is 2. The third-order valence-corrected chi connectivity index (χ3v) is 5.29. The first-order chi connectivity index (χ1) is 12.9. The quantitative estimate of drug-likeness (QED) is 0.629. The van der Waals surface area contributed by atoms with E-state index in [-0.39, 0.29) is 29.5 Å². The molecule has 2 amide bonds. The summed E-state index contributed by atoms with van der Waals surface area (Å²) in [6.07, 6.45) is 0.0170. The average Bonchev–Trinajstić information content (AvgIpc) is 2.57. The molecule has 0 aromatic heterocycles. The zero-order valence-corrected chi connectivity index (χ0v) is 18.0. The van der Waals surface area contributed by atoms with Crippen LogP contribution in [0.1, 0.15) is 33.6 Å². The first kappa shape index (κ1) is 23.7. The van der Waals surface area contributed by atoms with Crippen LogP contribution in [0.3, 0.4) is 0 Å². The standard InChI is InChI=1S/C18H29N3O6S/c1-18(2,3)27-17(23)19-11-7-8-16(22)20-13-9-10-14(26-6)15(12-13)28(24,25)21(4)5/h9-10,12H,7-8,11H2,1-6H3,(H,19,23)(H,20,22). The number of amides is 2. The van der Waals surface area contributed by atoms with Crippen molar-refractivity contribution in [3.8, 4) is 5.75 Å². The maximum Gasteiger partial charge on any atom is 0.407 e. The number of benzene rings is 1. The lowest BCUT2D eigenvalue weighted by atomic mass is 10.2. The molecule has 0 spiro atoms. The molecule has 0 saturated heterocycles. The summed E-state index contributed by atoms with van der Waals surface area (Å²) in [6, 6.07) is 4.39. The fraction of sp³-hybridized carbons (Fsp3) is 0.556. The van der Waals surface area contributed by atoms with Crippen molar-refractivity contribution >= 4 is 27.7 Å². The number of rotatable bonds is 8. The summed E-state index contributed by atoms with van der Waals surface area (Å²) in [5, 5.41) is 5.22. The fourth-order valence-electron chi connectivity index (χ4n) is 2.13. The van der Waals surface area contributed by atoms with Gasteiger partial charge in [0.2, 0.25) is 15.9 Å². The van der Waals surface area contributed by atoms with Gasteiger partial charge >= 0.3 is 6.09 Å². The van der Waals surface area contributed by atoms with Crippen LogP contribution < -0.4 is 15.4 Å². The maximum atomic E-state index is 12.4. The third-order valence-electron chi connectivity index (χ3n) is 3.45. The van der Waals surface area contributed by atoms with Crippen molar-refractivity contribution in [3.05, 3.63) is 18.2 Å². The van der Waals surface area contributed by atoms with Gasteiger partial charge in [-0.3, -0.25) is 4.79 Å². The highest BCUT2D eigenvalue weighted by molar-refractivity contribution is 7.89. The van der Waals surface area contributed by atoms with Gasteiger partial charge in [0.05, 0.1) is 7.11 Å². The number of carbonyl (C=O) groups is 2. The molecule has 0 atom stereocenters. The van der Waals surface area contributed by atoms with Crippen molar-refractivity contribution in [2.24, 2.45) is 0 Å². The minimum atomic E-state index is -3.73. The van der Waals surface area contributed by atoms with Gasteiger partial charge in [0.1, 0.15) is 16.2 Å². The molecule has 0 aliphatic carbocycles. The first-order valence-corrected chi connectivity index (χ1v) is 10.2. The summed E-state index contributed by atoms with van der Waals surface area (Å²) >= 11 is 0. The predicted octanol–water partition coefficient (Wildman–Crippen LogP) is 2.19. The Kier molecular flexibility index (Phi) is 8.25. The van der Waals surface area contributed by atoms with Crippen LogP contribution in [0.4, 0.5) is 10.5 Å². The van der Waals surface area contributed by atoms with Crippen LogP contribution in [-0.4, -0.2) is 58.1 Å². The van der Waals surface area contributed by atoms with E-state index in [4.69, 9.17) is 9.47 Å². The Balaban J connectivity index is 2.64. The Morgan fingerprint density at radius 3 is 2.36 bits per heavy atom. The van der Waals surface area contributed by atoms with Crippen LogP contribution >= 0.6 is 0 Å². The Labute approximate surface area is 166 Å². The summed E-state index contributed by atoms with van der Waals surface area (Å²) in [5.74, 6) is -0.113. The number of sulfonamides is 1. The molecule has 28 heavy (non-hydrogen) atoms. The van der Waals surface area contributed by atoms with Gasteiger partial charge in [-0.1, -0.05) is 0 Å². The van der Waals surface area contributed by atoms with Crippen molar-refractivity contribution in [1.82, 2.24) is 9.62 Å². The van der Waals surface area contributed by atoms with Gasteiger partial charge in [-0.05, 0) is 45.4 Å². The smallest absolute Gasteiger partial charge is 0.407 e. The van der Waals surface area contributed by atoms with Crippen LogP contribution in [0, 0.1) is 0 Å². The molecule has 1 aromatic carbocycles. The number of nitrogens with one attached hydrogen (secondary N) is 2. The van der Waals surface area contributed by atoms with Gasteiger partial charge in [-0.25, -0.2) is 17.5 Å². The number of hydrogen-bond acceptors (Lipinski definition) is 6. The number of carbonyl (C=O) groups excluding carboxylic acids is 2. The van der Waals surface area contributed by atoms with Crippen LogP contribution in [0.5, 0.6) is 5.75 Å². The molecule has 158 valence electrons. The van der Waals surface area contributed by atoms with E-state index in [0.717, 1.165) is 4.31 Å². The highest BCUT2D eigenvalue weighted by atomic mass is 32.2. The van der Waals surface area contributed by atoms with E-state index in [1.165, 1.54) is 33.3 Å². The van der Waals surface area contributed by atoms with E-state index in [1.807, 2.05) is 0 Å². The lowest BCUT2D eigenvalue weighted by molar-refractivity contribution is -0.116. The second kappa shape index (κ2) is 9.74. The molecule has 0 aliphatic rings. The zero-order valence-electron chi connectivity index (χ0n) is 17.2. The van der Waals surface area contributed by atoms with Crippen molar-refractivity contribution in [2.45, 2.75) is 44.1 Å². The molecule has 0 heterocycles. The van der Waals surface area contributed by atoms with E-state index in [9.17, 15) is 18.0 Å². The molecule has 2 N–H and O–H groups in total. The second-order valence-corrected chi connectivity index (χ2v) is 9.35. The third kappa shape index (κ3) is 7.35. The predicted molar refractivity (Wildman–Crippen MR) is 106 cm³/mol. The molecule has 9 nitrogen and oxygen atoms in total. The number of anilines is 1. The Bertz CT molecular complexity index is 800. The zero-order chi connectivity index (χ0) is 21.5. The minimum Gasteiger partial charge on any atom is -0.495 e. The van der Waals surface area contributed by atoms with Crippen LogP contribution in [-0.2, 0) is 19.6 Å². The van der Waals surface area contributed by atoms with Crippen molar-refractivity contribution in [3.63, 3.8) is 0 Å². The largest absolute Gasteiger partial charge is 0.495 e. The molecule has 0 fully saturated rings. The highest BCUT2D eigenvalue weighted by Crippen LogP contribution is 2.28. The van der Waals surface area contributed by atoms with Crippen molar-refractivity contribution in [1.29, 1.82) is 0 Å². The average molecular weight is 416 g/mol. The highest BCUT2D eigenvalue weighted by Gasteiger charge is 2.23. The molecule has 0 bridgehead atoms. The van der Waals surface area contributed by atoms with Gasteiger partial charge in [-0.2, -0.15) is 0 Å². The van der Waals surface area contributed by atoms with Crippen molar-refractivity contribution in [2.75, 3.05) is 33.1 Å². The van der Waals surface area contributed by atoms with Crippen LogP contribution in [0.25, 0.3) is 0 Å². The van der Waals surface area contributed by atoms with Gasteiger partial charge in [0, 0.05) is 32.7 Å². The Hall–Kier alpha value is -2.33. The SMILES string of the molecule is COc1ccc(NC(=O)CCCNC(=O)OC(C)(C)C)cc1S(=O)(=O)N(C)C. The maximum absolute atomic E-state index is 12.4. The molecule has 10 heteroatoms. The summed E-state index contributed by atoms with van der Waals surface area (Å²) in [7, 11) is 0.476. The lowest BCUT2D eigenvalue weighted by Gasteiger charge is -2.19. The monoisotopic (exact) mass is 415 g/mol. The van der Waals surface area contributed by atoms with Crippen LogP contribution in [0.2, 0.25) is 0 Å². The van der Waals surface area contributed by atoms with E-state index >= 15 is 0 Å². The Morgan fingerprint density at radius 1 is 1.18 bits per heavy atom. The van der Waals surface area contributed by atoms with Crippen molar-refractivity contribution < 1.29 is 27.5 Å². The first-order valence-electron chi connectivity index (χ1n) is 8.74. The van der Waals surface area contributed by atoms with Gasteiger partial charge < -0.3 is 20.1 Å². The fourth-order valence-corrected chi connectivity index (χ4v) is 3.20. The summed E-state index contributed by atoms with van der Waals surface area (Å²) in [6.45, 7) is 5.57. The molecule has 0 unspecified atom stereocenters. The minimum absolute atomic E-state index is 0.0376. The summed E-state index contributed by atoms with van der Waals surface area (Å²) < 4.78 is 36.1. The number of alkyl carbamates (subject to hydrolysis) is 1. The van der Waals surface area contributed by atoms with Gasteiger partial charge in [0.25, 0.3) is 0 Å². The topological polar surface area (TPSA) is 114 Å². The van der Waals surface area contributed by atoms with E-state index < -0.39 is 21.7 Å². The lowest BCUT2D eigenvalue weighted by Crippen LogP contribution is -2.33. The molecular formula is C18H29N3O6S. The Morgan fingerprint density at radius 2 is 1.82 bits per heavy atom. The van der Waals surface area contributed by atoms with E-state index in [2.05, 4.69) is 10.6 Å². The number of hydrogen-bond donors (Lipinski definition) is 2. The number of nitrogens with zero attached hydrogens (tertiary/aromatic N) is 1. The molecule has 1 aromatic rings. The van der Waals surface area contributed by atoms with E-state index in [0.29, 0.717) is 12.1 Å². The molecular weight excluding hydrogens is 386 g/mol. The molecule has 0 radical (unpaired) electrons. The molecule has 0 aliphatic heterocycles. The molecule has 1 rings (SSSR count). The summed E-state index contributed by atoms with van der Waals surface area (Å²) in [4.78, 5) is 23.6. The molecule has 0 saturated carbocycles. The summed E-state index contributed by atoms with van der Waals surface area (Å²) in [5.41, 5.74) is -0.244. The van der Waals surface area contributed by atoms with Gasteiger partial charge in [-0.15, -0.1) is 0 Å². The second-order valence-electron chi connectivity index (χ2n) is 7.23. The van der Waals surface area contributed by atoms with E-state index in [1.54, 1.807) is 26.8 Å². The number of methoxy groups -OCH3 is 1. The normalized spacial score (nSPS) is 11.8. The van der Waals surface area contributed by atoms with Gasteiger partial charge in [0.15, 0.2) is 0 Å². The van der Waals surface area contributed by atoms with Crippen LogP contribution in [0.15, 0.2) is 23.1 Å².